The van der Waals surface area contributed by atoms with Gasteiger partial charge in [-0.3, -0.25) is 14.5 Å². The number of likely N-dealkylation sites (tertiary alicyclic amines) is 1. The lowest BCUT2D eigenvalue weighted by Crippen LogP contribution is -2.40. The number of ketones is 1. The third kappa shape index (κ3) is 4.15. The van der Waals surface area contributed by atoms with Crippen LogP contribution in [-0.2, 0) is 4.79 Å². The summed E-state index contributed by atoms with van der Waals surface area (Å²) in [6, 6.07) is 17.3. The van der Waals surface area contributed by atoms with Crippen LogP contribution in [0, 0.1) is 0 Å². The van der Waals surface area contributed by atoms with E-state index in [1.165, 1.54) is 12.5 Å². The zero-order chi connectivity index (χ0) is 17.8. The SMILES string of the molecule is CC(=O)c1ccc(NC(=O)C(C)N2CCC(c3ccccc3)C2)cc1. The molecule has 1 amide bonds. The second-order valence-electron chi connectivity index (χ2n) is 6.69. The molecule has 0 aliphatic carbocycles. The first-order valence-electron chi connectivity index (χ1n) is 8.75. The van der Waals surface area contributed by atoms with E-state index in [1.807, 2.05) is 13.0 Å². The van der Waals surface area contributed by atoms with Gasteiger partial charge < -0.3 is 5.32 Å². The van der Waals surface area contributed by atoms with Crippen LogP contribution >= 0.6 is 0 Å². The van der Waals surface area contributed by atoms with Crippen LogP contribution in [0.1, 0.15) is 42.1 Å². The van der Waals surface area contributed by atoms with Crippen molar-refractivity contribution in [3.63, 3.8) is 0 Å². The van der Waals surface area contributed by atoms with Crippen LogP contribution in [0.2, 0.25) is 0 Å². The number of Topliss-reactive ketones (excluding diaryl/α,β-unsaturated/α-hetero) is 1. The summed E-state index contributed by atoms with van der Waals surface area (Å²) in [4.78, 5) is 26.1. The minimum Gasteiger partial charge on any atom is -0.325 e. The van der Waals surface area contributed by atoms with Gasteiger partial charge >= 0.3 is 0 Å². The number of carbonyl (C=O) groups is 2. The van der Waals surface area contributed by atoms with Gasteiger partial charge in [0.05, 0.1) is 6.04 Å². The van der Waals surface area contributed by atoms with E-state index in [4.69, 9.17) is 0 Å². The smallest absolute Gasteiger partial charge is 0.241 e. The van der Waals surface area contributed by atoms with Crippen molar-refractivity contribution in [1.29, 1.82) is 0 Å². The lowest BCUT2D eigenvalue weighted by Gasteiger charge is -2.23. The van der Waals surface area contributed by atoms with Crippen LogP contribution < -0.4 is 5.32 Å². The third-order valence-electron chi connectivity index (χ3n) is 4.98. The summed E-state index contributed by atoms with van der Waals surface area (Å²) in [6.07, 6.45) is 1.08. The highest BCUT2D eigenvalue weighted by molar-refractivity contribution is 5.97. The van der Waals surface area contributed by atoms with Crippen molar-refractivity contribution in [3.05, 3.63) is 65.7 Å². The normalized spacial score (nSPS) is 18.7. The van der Waals surface area contributed by atoms with E-state index in [2.05, 4.69) is 34.5 Å². The van der Waals surface area contributed by atoms with Gasteiger partial charge in [0.1, 0.15) is 0 Å². The average molecular weight is 336 g/mol. The molecule has 2 atom stereocenters. The summed E-state index contributed by atoms with van der Waals surface area (Å²) < 4.78 is 0. The fraction of sp³-hybridized carbons (Fsp3) is 0.333. The molecule has 25 heavy (non-hydrogen) atoms. The Morgan fingerprint density at radius 2 is 1.76 bits per heavy atom. The summed E-state index contributed by atoms with van der Waals surface area (Å²) in [5, 5.41) is 2.95. The van der Waals surface area contributed by atoms with E-state index >= 15 is 0 Å². The number of anilines is 1. The zero-order valence-corrected chi connectivity index (χ0v) is 14.7. The molecular weight excluding hydrogens is 312 g/mol. The number of nitrogens with zero attached hydrogens (tertiary/aromatic N) is 1. The highest BCUT2D eigenvalue weighted by Gasteiger charge is 2.30. The number of rotatable bonds is 5. The van der Waals surface area contributed by atoms with Crippen LogP contribution in [0.4, 0.5) is 5.69 Å². The molecule has 1 N–H and O–H groups in total. The molecule has 0 bridgehead atoms. The molecule has 1 aliphatic rings. The maximum absolute atomic E-state index is 12.5. The van der Waals surface area contributed by atoms with E-state index in [0.29, 0.717) is 11.5 Å². The maximum Gasteiger partial charge on any atom is 0.241 e. The van der Waals surface area contributed by atoms with Gasteiger partial charge in [0.25, 0.3) is 0 Å². The lowest BCUT2D eigenvalue weighted by atomic mass is 9.99. The average Bonchev–Trinajstić information content (AvgIpc) is 3.12. The van der Waals surface area contributed by atoms with E-state index in [-0.39, 0.29) is 17.7 Å². The number of carbonyl (C=O) groups excluding carboxylic acids is 2. The van der Waals surface area contributed by atoms with Gasteiger partial charge in [0.15, 0.2) is 5.78 Å². The Balaban J connectivity index is 1.58. The summed E-state index contributed by atoms with van der Waals surface area (Å²) >= 11 is 0. The fourth-order valence-corrected chi connectivity index (χ4v) is 3.34. The van der Waals surface area contributed by atoms with Gasteiger partial charge in [-0.15, -0.1) is 0 Å². The van der Waals surface area contributed by atoms with Crippen molar-refractivity contribution in [2.75, 3.05) is 18.4 Å². The molecule has 1 fully saturated rings. The first-order chi connectivity index (χ1) is 12.0. The van der Waals surface area contributed by atoms with Crippen molar-refractivity contribution in [3.8, 4) is 0 Å². The molecule has 130 valence electrons. The van der Waals surface area contributed by atoms with E-state index in [1.54, 1.807) is 24.3 Å². The zero-order valence-electron chi connectivity index (χ0n) is 14.7. The van der Waals surface area contributed by atoms with Crippen molar-refractivity contribution >= 4 is 17.4 Å². The van der Waals surface area contributed by atoms with Crippen molar-refractivity contribution in [2.24, 2.45) is 0 Å². The molecule has 4 heteroatoms. The second kappa shape index (κ2) is 7.62. The van der Waals surface area contributed by atoms with Crippen LogP contribution in [0.15, 0.2) is 54.6 Å². The van der Waals surface area contributed by atoms with Crippen LogP contribution in [0.25, 0.3) is 0 Å². The molecule has 1 saturated heterocycles. The number of amides is 1. The predicted octanol–water partition coefficient (Wildman–Crippen LogP) is 3.71. The fourth-order valence-electron chi connectivity index (χ4n) is 3.34. The van der Waals surface area contributed by atoms with E-state index in [0.717, 1.165) is 25.2 Å². The molecular formula is C21H24N2O2. The van der Waals surface area contributed by atoms with E-state index < -0.39 is 0 Å². The molecule has 2 unspecified atom stereocenters. The van der Waals surface area contributed by atoms with Gasteiger partial charge in [-0.1, -0.05) is 30.3 Å². The molecule has 0 saturated carbocycles. The summed E-state index contributed by atoms with van der Waals surface area (Å²) in [7, 11) is 0. The summed E-state index contributed by atoms with van der Waals surface area (Å²) in [6.45, 7) is 5.32. The minimum atomic E-state index is -0.179. The van der Waals surface area contributed by atoms with Crippen LogP contribution in [0.3, 0.4) is 0 Å². The van der Waals surface area contributed by atoms with E-state index in [9.17, 15) is 9.59 Å². The first-order valence-corrected chi connectivity index (χ1v) is 8.75. The third-order valence-corrected chi connectivity index (χ3v) is 4.98. The maximum atomic E-state index is 12.5. The Labute approximate surface area is 148 Å². The first kappa shape index (κ1) is 17.4. The number of hydrogen-bond donors (Lipinski definition) is 1. The Bertz CT molecular complexity index is 740. The highest BCUT2D eigenvalue weighted by atomic mass is 16.2. The number of benzene rings is 2. The molecule has 4 nitrogen and oxygen atoms in total. The second-order valence-corrected chi connectivity index (χ2v) is 6.69. The van der Waals surface area contributed by atoms with Gasteiger partial charge in [0, 0.05) is 17.8 Å². The van der Waals surface area contributed by atoms with Gasteiger partial charge in [-0.25, -0.2) is 0 Å². The Kier molecular flexibility index (Phi) is 5.29. The van der Waals surface area contributed by atoms with Crippen LogP contribution in [-0.4, -0.2) is 35.7 Å². The molecule has 1 heterocycles. The lowest BCUT2D eigenvalue weighted by molar-refractivity contribution is -0.120. The van der Waals surface area contributed by atoms with Gasteiger partial charge in [-0.2, -0.15) is 0 Å². The molecule has 0 spiro atoms. The molecule has 2 aromatic rings. The Morgan fingerprint density at radius 3 is 2.40 bits per heavy atom. The molecule has 0 radical (unpaired) electrons. The topological polar surface area (TPSA) is 49.4 Å². The number of hydrogen-bond acceptors (Lipinski definition) is 3. The molecule has 1 aliphatic heterocycles. The van der Waals surface area contributed by atoms with Gasteiger partial charge in [0.2, 0.25) is 5.91 Å². The molecule has 2 aromatic carbocycles. The quantitative estimate of drug-likeness (QED) is 0.847. The monoisotopic (exact) mass is 336 g/mol. The standard InChI is InChI=1S/C21H24N2O2/c1-15(21(25)22-20-10-8-17(9-11-20)16(2)24)23-13-12-19(14-23)18-6-4-3-5-7-18/h3-11,15,19H,12-14H2,1-2H3,(H,22,25). The Hall–Kier alpha value is -2.46. The highest BCUT2D eigenvalue weighted by Crippen LogP contribution is 2.28. The van der Waals surface area contributed by atoms with Crippen molar-refractivity contribution in [1.82, 2.24) is 4.90 Å². The Morgan fingerprint density at radius 1 is 1.08 bits per heavy atom. The summed E-state index contributed by atoms with van der Waals surface area (Å²) in [5.41, 5.74) is 2.72. The number of nitrogens with one attached hydrogen (secondary N) is 1. The van der Waals surface area contributed by atoms with Crippen molar-refractivity contribution in [2.45, 2.75) is 32.2 Å². The van der Waals surface area contributed by atoms with Crippen LogP contribution in [0.5, 0.6) is 0 Å². The molecule has 0 aromatic heterocycles. The predicted molar refractivity (Wildman–Crippen MR) is 99.9 cm³/mol. The minimum absolute atomic E-state index is 0.00992. The largest absolute Gasteiger partial charge is 0.325 e. The van der Waals surface area contributed by atoms with Gasteiger partial charge in [-0.05, 0) is 62.6 Å². The molecule has 3 rings (SSSR count). The van der Waals surface area contributed by atoms with Crippen molar-refractivity contribution < 1.29 is 9.59 Å². The summed E-state index contributed by atoms with van der Waals surface area (Å²) in [5.74, 6) is 0.505.